The van der Waals surface area contributed by atoms with Gasteiger partial charge in [0.05, 0.1) is 0 Å². The molecule has 3 heteroatoms. The van der Waals surface area contributed by atoms with Gasteiger partial charge in [-0.2, -0.15) is 6.92 Å². The summed E-state index contributed by atoms with van der Waals surface area (Å²) in [5, 5.41) is 0. The predicted octanol–water partition coefficient (Wildman–Crippen LogP) is 1.67. The van der Waals surface area contributed by atoms with Crippen molar-refractivity contribution in [3.8, 4) is 0 Å². The molecule has 0 aromatic carbocycles. The van der Waals surface area contributed by atoms with Crippen LogP contribution in [-0.4, -0.2) is 0 Å². The van der Waals surface area contributed by atoms with Gasteiger partial charge in [0.25, 0.3) is 0 Å². The van der Waals surface area contributed by atoms with Crippen LogP contribution in [0.15, 0.2) is 0 Å². The molecule has 0 spiro atoms. The standard InChI is InChI=1S/C2H5.H3NP.Y/c2*1-2;/h1H2,2H3;1H,2H2;/q2*-1;. The fourth-order valence-electron chi connectivity index (χ4n) is 0. The van der Waals surface area contributed by atoms with E-state index >= 15 is 0 Å². The van der Waals surface area contributed by atoms with Crippen molar-refractivity contribution in [3.05, 3.63) is 12.4 Å². The molecule has 0 amide bonds. The van der Waals surface area contributed by atoms with Crippen molar-refractivity contribution in [2.45, 2.75) is 6.92 Å². The van der Waals surface area contributed by atoms with Gasteiger partial charge >= 0.3 is 0 Å². The Morgan fingerprint density at radius 1 is 1.40 bits per heavy atom. The Hall–Kier alpha value is 1.49. The van der Waals surface area contributed by atoms with Crippen molar-refractivity contribution in [2.24, 2.45) is 0 Å². The van der Waals surface area contributed by atoms with E-state index < -0.39 is 0 Å². The van der Waals surface area contributed by atoms with E-state index in [2.05, 4.69) is 6.92 Å². The van der Waals surface area contributed by atoms with E-state index in [1.54, 1.807) is 16.3 Å². The van der Waals surface area contributed by atoms with Crippen LogP contribution >= 0.6 is 9.39 Å². The number of hydrogen-bond acceptors (Lipinski definition) is 0. The van der Waals surface area contributed by atoms with Crippen LogP contribution in [0.1, 0.15) is 6.92 Å². The van der Waals surface area contributed by atoms with Gasteiger partial charge in [-0.1, -0.05) is 0 Å². The maximum atomic E-state index is 5.67. The molecule has 0 aliphatic rings. The second kappa shape index (κ2) is 49.7. The van der Waals surface area contributed by atoms with Crippen molar-refractivity contribution in [3.63, 3.8) is 0 Å². The van der Waals surface area contributed by atoms with Gasteiger partial charge in [0.1, 0.15) is 0 Å². The monoisotopic (exact) mass is 166 g/mol. The summed E-state index contributed by atoms with van der Waals surface area (Å²) in [5.41, 5.74) is 5.67. The first-order chi connectivity index (χ1) is 2.00. The molecule has 1 atom stereocenters. The summed E-state index contributed by atoms with van der Waals surface area (Å²) >= 11 is 0. The second-order valence-electron chi connectivity index (χ2n) is 0. The molecule has 0 saturated carbocycles. The molecule has 0 fully saturated rings. The third kappa shape index (κ3) is 30.1. The molecule has 1 N–H and O–H groups in total. The topological polar surface area (TPSA) is 23.8 Å². The fourth-order valence-corrected chi connectivity index (χ4v) is 0. The van der Waals surface area contributed by atoms with E-state index in [-0.39, 0.29) is 32.7 Å². The number of hydrogen-bond donors (Lipinski definition) is 0. The Kier molecular flexibility index (Phi) is 160. The predicted molar refractivity (Wildman–Crippen MR) is 25.1 cm³/mol. The van der Waals surface area contributed by atoms with Gasteiger partial charge < -0.3 is 12.4 Å². The fraction of sp³-hybridized carbons (Fsp3) is 0.500. The SMILES string of the molecule is [CH2-]C.[NH-]P.[Y]. The van der Waals surface area contributed by atoms with Gasteiger partial charge in [0.2, 0.25) is 0 Å². The first kappa shape index (κ1) is 16.1. The van der Waals surface area contributed by atoms with Gasteiger partial charge in [0.15, 0.2) is 0 Å². The quantitative estimate of drug-likeness (QED) is 0.386. The summed E-state index contributed by atoms with van der Waals surface area (Å²) in [6.45, 7) is 5.00. The third-order valence-corrected chi connectivity index (χ3v) is 0. The van der Waals surface area contributed by atoms with Crippen molar-refractivity contribution in [2.75, 3.05) is 0 Å². The zero-order valence-corrected chi connectivity index (χ0v) is 7.35. The molecule has 0 heterocycles. The number of rotatable bonds is 0. The molecule has 0 aromatic heterocycles. The molecule has 0 rings (SSSR count). The smallest absolute Gasteiger partial charge is 0 e. The second-order valence-corrected chi connectivity index (χ2v) is 0. The molecule has 0 aromatic rings. The van der Waals surface area contributed by atoms with Gasteiger partial charge in [-0.25, -0.2) is 0 Å². The molecule has 1 nitrogen and oxygen atoms in total. The molecule has 0 saturated heterocycles. The van der Waals surface area contributed by atoms with Crippen LogP contribution < -0.4 is 0 Å². The van der Waals surface area contributed by atoms with Crippen LogP contribution in [0, 0.1) is 6.92 Å². The maximum absolute atomic E-state index is 5.67. The van der Waals surface area contributed by atoms with E-state index in [9.17, 15) is 0 Å². The van der Waals surface area contributed by atoms with E-state index in [0.29, 0.717) is 0 Å². The van der Waals surface area contributed by atoms with E-state index in [1.807, 2.05) is 0 Å². The molecule has 31 valence electrons. The van der Waals surface area contributed by atoms with Crippen molar-refractivity contribution < 1.29 is 32.7 Å². The zero-order valence-electron chi connectivity index (χ0n) is 3.36. The largest absolute Gasteiger partial charge is 0.657 e. The van der Waals surface area contributed by atoms with Crippen LogP contribution in [-0.2, 0) is 32.7 Å². The van der Waals surface area contributed by atoms with Crippen LogP contribution in [0.4, 0.5) is 0 Å². The Balaban J connectivity index is -0.0000000133. The summed E-state index contributed by atoms with van der Waals surface area (Å²) in [6.07, 6.45) is 0. The molecule has 0 aliphatic heterocycles. The summed E-state index contributed by atoms with van der Waals surface area (Å²) in [7, 11) is 1.67. The van der Waals surface area contributed by atoms with E-state index in [4.69, 9.17) is 5.50 Å². The minimum absolute atomic E-state index is 0. The average molecular weight is 166 g/mol. The Morgan fingerprint density at radius 3 is 1.40 bits per heavy atom. The summed E-state index contributed by atoms with van der Waals surface area (Å²) in [6, 6.07) is 0. The minimum atomic E-state index is 0. The minimum Gasteiger partial charge on any atom is -0.657 e. The normalized spacial score (nSPS) is 2.40. The first-order valence-electron chi connectivity index (χ1n) is 0.996. The molecule has 1 unspecified atom stereocenters. The van der Waals surface area contributed by atoms with Gasteiger partial charge in [-0.15, -0.1) is 0 Å². The number of nitrogens with one attached hydrogen (secondary N) is 1. The molecule has 0 aliphatic carbocycles. The molecular formula is C2H8NPY-2. The zero-order chi connectivity index (χ0) is 4.00. The van der Waals surface area contributed by atoms with Crippen LogP contribution in [0.25, 0.3) is 5.50 Å². The van der Waals surface area contributed by atoms with E-state index in [0.717, 1.165) is 0 Å². The summed E-state index contributed by atoms with van der Waals surface area (Å²) in [4.78, 5) is 0. The average Bonchev–Trinajstić information content (AvgIpc) is 1.50. The van der Waals surface area contributed by atoms with Crippen molar-refractivity contribution >= 4 is 9.39 Å². The first-order valence-corrected chi connectivity index (χ1v) is 1.57. The van der Waals surface area contributed by atoms with Crippen molar-refractivity contribution in [1.82, 2.24) is 0 Å². The Bertz CT molecular complexity index is 9.61. The third-order valence-electron chi connectivity index (χ3n) is 0. The molecule has 0 bridgehead atoms. The van der Waals surface area contributed by atoms with Crippen LogP contribution in [0.2, 0.25) is 0 Å². The van der Waals surface area contributed by atoms with E-state index in [1.165, 1.54) is 0 Å². The van der Waals surface area contributed by atoms with Crippen LogP contribution in [0.3, 0.4) is 0 Å². The van der Waals surface area contributed by atoms with Gasteiger partial charge in [-0.3, -0.25) is 9.39 Å². The molecule has 1 radical (unpaired) electrons. The summed E-state index contributed by atoms with van der Waals surface area (Å²) < 4.78 is 0. The van der Waals surface area contributed by atoms with Gasteiger partial charge in [-0.05, 0) is 0 Å². The Labute approximate surface area is 61.2 Å². The maximum Gasteiger partial charge on any atom is 0 e. The Morgan fingerprint density at radius 2 is 1.40 bits per heavy atom. The molecular weight excluding hydrogens is 158 g/mol. The summed E-state index contributed by atoms with van der Waals surface area (Å²) in [5.74, 6) is 0. The van der Waals surface area contributed by atoms with Gasteiger partial charge in [0, 0.05) is 32.7 Å². The van der Waals surface area contributed by atoms with Crippen molar-refractivity contribution in [1.29, 1.82) is 0 Å². The molecule has 5 heavy (non-hydrogen) atoms. The van der Waals surface area contributed by atoms with Crippen LogP contribution in [0.5, 0.6) is 0 Å².